The summed E-state index contributed by atoms with van der Waals surface area (Å²) in [7, 11) is 0. The summed E-state index contributed by atoms with van der Waals surface area (Å²) in [5.74, 6) is 0.570. The van der Waals surface area contributed by atoms with E-state index in [0.29, 0.717) is 5.92 Å². The third-order valence-corrected chi connectivity index (χ3v) is 4.18. The fourth-order valence-electron chi connectivity index (χ4n) is 2.09. The molecule has 18 heavy (non-hydrogen) atoms. The van der Waals surface area contributed by atoms with Crippen LogP contribution >= 0.6 is 11.3 Å². The molecule has 0 radical (unpaired) electrons. The van der Waals surface area contributed by atoms with Crippen molar-refractivity contribution in [2.45, 2.75) is 33.2 Å². The van der Waals surface area contributed by atoms with Gasteiger partial charge < -0.3 is 5.32 Å². The van der Waals surface area contributed by atoms with Crippen LogP contribution in [0.3, 0.4) is 0 Å². The van der Waals surface area contributed by atoms with Crippen LogP contribution in [0.15, 0.2) is 36.4 Å². The van der Waals surface area contributed by atoms with E-state index in [1.54, 1.807) is 0 Å². The number of thiophene rings is 1. The van der Waals surface area contributed by atoms with Crippen molar-refractivity contribution >= 4 is 11.3 Å². The van der Waals surface area contributed by atoms with Gasteiger partial charge in [-0.2, -0.15) is 0 Å². The van der Waals surface area contributed by atoms with Crippen molar-refractivity contribution in [1.29, 1.82) is 0 Å². The van der Waals surface area contributed by atoms with Gasteiger partial charge in [-0.25, -0.2) is 0 Å². The van der Waals surface area contributed by atoms with Crippen LogP contribution in [0.1, 0.15) is 37.1 Å². The molecule has 2 heteroatoms. The van der Waals surface area contributed by atoms with E-state index in [1.165, 1.54) is 20.9 Å². The van der Waals surface area contributed by atoms with Gasteiger partial charge in [0.25, 0.3) is 0 Å². The first-order chi connectivity index (χ1) is 8.72. The molecular formula is C16H21NS. The van der Waals surface area contributed by atoms with Gasteiger partial charge in [0, 0.05) is 16.3 Å². The smallest absolute Gasteiger partial charge is 0.0349 e. The minimum atomic E-state index is 0.570. The van der Waals surface area contributed by atoms with Crippen LogP contribution in [0.5, 0.6) is 0 Å². The monoisotopic (exact) mass is 259 g/mol. The van der Waals surface area contributed by atoms with Crippen LogP contribution in [0.2, 0.25) is 0 Å². The summed E-state index contributed by atoms with van der Waals surface area (Å²) >= 11 is 1.89. The highest BCUT2D eigenvalue weighted by atomic mass is 32.1. The molecule has 0 fully saturated rings. The average molecular weight is 259 g/mol. The van der Waals surface area contributed by atoms with Crippen LogP contribution in [-0.4, -0.2) is 6.54 Å². The molecule has 2 rings (SSSR count). The molecule has 0 spiro atoms. The second-order valence-corrected chi connectivity index (χ2v) is 5.96. The summed E-state index contributed by atoms with van der Waals surface area (Å²) in [5.41, 5.74) is 2.83. The number of hydrogen-bond acceptors (Lipinski definition) is 2. The van der Waals surface area contributed by atoms with Gasteiger partial charge in [-0.3, -0.25) is 0 Å². The zero-order valence-electron chi connectivity index (χ0n) is 11.4. The fourth-order valence-corrected chi connectivity index (χ4v) is 3.12. The zero-order valence-corrected chi connectivity index (χ0v) is 12.2. The molecule has 96 valence electrons. The van der Waals surface area contributed by atoms with E-state index in [2.05, 4.69) is 62.5 Å². The molecule has 2 aromatic rings. The molecule has 0 unspecified atom stereocenters. The third kappa shape index (κ3) is 3.01. The lowest BCUT2D eigenvalue weighted by atomic mass is 9.96. The number of benzene rings is 1. The standard InChI is InChI=1S/C16H21NS/c1-4-17-11-13-9-10-16(18-13)15-8-6-5-7-14(15)12(2)3/h5-10,12,17H,4,11H2,1-3H3. The average Bonchev–Trinajstić information content (AvgIpc) is 2.85. The largest absolute Gasteiger partial charge is 0.312 e. The summed E-state index contributed by atoms with van der Waals surface area (Å²) in [6.07, 6.45) is 0. The Bertz CT molecular complexity index is 499. The molecule has 0 saturated carbocycles. The Hall–Kier alpha value is -1.12. The lowest BCUT2D eigenvalue weighted by Crippen LogP contribution is -2.10. The van der Waals surface area contributed by atoms with Crippen molar-refractivity contribution in [1.82, 2.24) is 5.32 Å². The first-order valence-corrected chi connectivity index (χ1v) is 7.42. The molecule has 0 aliphatic rings. The Morgan fingerprint density at radius 2 is 1.89 bits per heavy atom. The Balaban J connectivity index is 2.28. The van der Waals surface area contributed by atoms with Crippen molar-refractivity contribution in [3.05, 3.63) is 46.8 Å². The second kappa shape index (κ2) is 6.17. The first kappa shape index (κ1) is 13.3. The van der Waals surface area contributed by atoms with Crippen molar-refractivity contribution in [3.63, 3.8) is 0 Å². The van der Waals surface area contributed by atoms with Gasteiger partial charge in [0.2, 0.25) is 0 Å². The summed E-state index contributed by atoms with van der Waals surface area (Å²) in [6.45, 7) is 8.65. The predicted octanol–water partition coefficient (Wildman–Crippen LogP) is 4.65. The maximum Gasteiger partial charge on any atom is 0.0349 e. The second-order valence-electron chi connectivity index (χ2n) is 4.79. The summed E-state index contributed by atoms with van der Waals surface area (Å²) < 4.78 is 0. The topological polar surface area (TPSA) is 12.0 Å². The van der Waals surface area contributed by atoms with Gasteiger partial charge in [-0.15, -0.1) is 11.3 Å². The number of hydrogen-bond donors (Lipinski definition) is 1. The molecule has 0 aliphatic carbocycles. The van der Waals surface area contributed by atoms with E-state index < -0.39 is 0 Å². The van der Waals surface area contributed by atoms with Crippen molar-refractivity contribution in [3.8, 4) is 10.4 Å². The highest BCUT2D eigenvalue weighted by molar-refractivity contribution is 7.15. The molecule has 0 atom stereocenters. The van der Waals surface area contributed by atoms with Crippen LogP contribution in [0, 0.1) is 0 Å². The highest BCUT2D eigenvalue weighted by Crippen LogP contribution is 2.33. The lowest BCUT2D eigenvalue weighted by Gasteiger charge is -2.10. The molecule has 1 aromatic carbocycles. The van der Waals surface area contributed by atoms with Gasteiger partial charge >= 0.3 is 0 Å². The van der Waals surface area contributed by atoms with Crippen molar-refractivity contribution in [2.75, 3.05) is 6.54 Å². The molecule has 0 saturated heterocycles. The summed E-state index contributed by atoms with van der Waals surface area (Å²) in [4.78, 5) is 2.79. The molecule has 0 aliphatic heterocycles. The molecule has 1 aromatic heterocycles. The SMILES string of the molecule is CCNCc1ccc(-c2ccccc2C(C)C)s1. The Morgan fingerprint density at radius 1 is 1.11 bits per heavy atom. The maximum atomic E-state index is 3.38. The lowest BCUT2D eigenvalue weighted by molar-refractivity contribution is 0.735. The third-order valence-electron chi connectivity index (χ3n) is 3.06. The molecule has 0 amide bonds. The Kier molecular flexibility index (Phi) is 4.56. The molecule has 1 N–H and O–H groups in total. The van der Waals surface area contributed by atoms with Gasteiger partial charge in [0.05, 0.1) is 0 Å². The normalized spacial score (nSPS) is 11.1. The quantitative estimate of drug-likeness (QED) is 0.824. The molecular weight excluding hydrogens is 238 g/mol. The van der Waals surface area contributed by atoms with E-state index >= 15 is 0 Å². The van der Waals surface area contributed by atoms with E-state index in [1.807, 2.05) is 11.3 Å². The Morgan fingerprint density at radius 3 is 2.61 bits per heavy atom. The van der Waals surface area contributed by atoms with Crippen LogP contribution < -0.4 is 5.32 Å². The first-order valence-electron chi connectivity index (χ1n) is 6.61. The number of nitrogens with one attached hydrogen (secondary N) is 1. The van der Waals surface area contributed by atoms with Crippen molar-refractivity contribution < 1.29 is 0 Å². The zero-order chi connectivity index (χ0) is 13.0. The van der Waals surface area contributed by atoms with Crippen LogP contribution in [-0.2, 0) is 6.54 Å². The van der Waals surface area contributed by atoms with E-state index in [0.717, 1.165) is 13.1 Å². The summed E-state index contributed by atoms with van der Waals surface area (Å²) in [5, 5.41) is 3.38. The van der Waals surface area contributed by atoms with Gasteiger partial charge in [0.1, 0.15) is 0 Å². The van der Waals surface area contributed by atoms with Gasteiger partial charge in [0.15, 0.2) is 0 Å². The van der Waals surface area contributed by atoms with Crippen LogP contribution in [0.25, 0.3) is 10.4 Å². The van der Waals surface area contributed by atoms with Gasteiger partial charge in [-0.05, 0) is 35.7 Å². The minimum absolute atomic E-state index is 0.570. The summed E-state index contributed by atoms with van der Waals surface area (Å²) in [6, 6.07) is 13.2. The molecule has 1 heterocycles. The van der Waals surface area contributed by atoms with E-state index in [-0.39, 0.29) is 0 Å². The Labute approximate surface area is 114 Å². The fraction of sp³-hybridized carbons (Fsp3) is 0.375. The molecule has 1 nitrogen and oxygen atoms in total. The highest BCUT2D eigenvalue weighted by Gasteiger charge is 2.09. The predicted molar refractivity (Wildman–Crippen MR) is 81.2 cm³/mol. The van der Waals surface area contributed by atoms with Crippen molar-refractivity contribution in [2.24, 2.45) is 0 Å². The van der Waals surface area contributed by atoms with E-state index in [9.17, 15) is 0 Å². The van der Waals surface area contributed by atoms with E-state index in [4.69, 9.17) is 0 Å². The van der Waals surface area contributed by atoms with Crippen LogP contribution in [0.4, 0.5) is 0 Å². The maximum absolute atomic E-state index is 3.38. The van der Waals surface area contributed by atoms with Gasteiger partial charge in [-0.1, -0.05) is 45.0 Å². The minimum Gasteiger partial charge on any atom is -0.312 e. The molecule has 0 bridgehead atoms. The number of rotatable bonds is 5.